The minimum atomic E-state index is -0.143. The third kappa shape index (κ3) is 3.87. The molecule has 1 atom stereocenters. The summed E-state index contributed by atoms with van der Waals surface area (Å²) in [6.07, 6.45) is 0. The first-order valence-corrected chi connectivity index (χ1v) is 7.82. The van der Waals surface area contributed by atoms with E-state index >= 15 is 0 Å². The molecular weight excluding hydrogens is 408 g/mol. The second kappa shape index (κ2) is 6.78. The number of halogens is 3. The van der Waals surface area contributed by atoms with E-state index in [9.17, 15) is 4.79 Å². The van der Waals surface area contributed by atoms with E-state index in [1.54, 1.807) is 18.2 Å². The van der Waals surface area contributed by atoms with Gasteiger partial charge in [0.2, 0.25) is 0 Å². The highest BCUT2D eigenvalue weighted by atomic mass is 127. The number of hydrogen-bond donors (Lipinski definition) is 1. The molecule has 0 aliphatic heterocycles. The number of amides is 1. The summed E-state index contributed by atoms with van der Waals surface area (Å²) in [5.41, 5.74) is 1.56. The van der Waals surface area contributed by atoms with Crippen LogP contribution in [0.5, 0.6) is 0 Å². The van der Waals surface area contributed by atoms with Gasteiger partial charge in [-0.15, -0.1) is 0 Å². The Morgan fingerprint density at radius 2 is 1.90 bits per heavy atom. The quantitative estimate of drug-likeness (QED) is 0.689. The van der Waals surface area contributed by atoms with Crippen LogP contribution in [0.3, 0.4) is 0 Å². The summed E-state index contributed by atoms with van der Waals surface area (Å²) >= 11 is 14.1. The van der Waals surface area contributed by atoms with E-state index in [0.717, 1.165) is 9.13 Å². The van der Waals surface area contributed by atoms with Crippen LogP contribution in [0.25, 0.3) is 0 Å². The maximum absolute atomic E-state index is 12.2. The van der Waals surface area contributed by atoms with E-state index in [0.29, 0.717) is 15.6 Å². The second-order valence-electron chi connectivity index (χ2n) is 4.38. The highest BCUT2D eigenvalue weighted by Gasteiger charge is 2.12. The van der Waals surface area contributed by atoms with E-state index in [1.165, 1.54) is 0 Å². The summed E-state index contributed by atoms with van der Waals surface area (Å²) < 4.78 is 1.03. The normalized spacial score (nSPS) is 12.0. The predicted octanol–water partition coefficient (Wildman–Crippen LogP) is 5.09. The van der Waals surface area contributed by atoms with Crippen LogP contribution in [0.15, 0.2) is 42.5 Å². The molecule has 2 aromatic carbocycles. The standard InChI is InChI=1S/C15H12Cl2INO/c1-9(10-5-6-13(16)14(17)8-10)19-15(20)11-3-2-4-12(18)7-11/h2-9H,1H3,(H,19,20). The van der Waals surface area contributed by atoms with Crippen molar-refractivity contribution in [1.29, 1.82) is 0 Å². The van der Waals surface area contributed by atoms with Gasteiger partial charge in [0.25, 0.3) is 5.91 Å². The molecule has 0 fully saturated rings. The fourth-order valence-corrected chi connectivity index (χ4v) is 2.62. The first-order valence-electron chi connectivity index (χ1n) is 5.99. The summed E-state index contributed by atoms with van der Waals surface area (Å²) in [6.45, 7) is 1.91. The number of hydrogen-bond acceptors (Lipinski definition) is 1. The lowest BCUT2D eigenvalue weighted by atomic mass is 10.1. The molecule has 0 radical (unpaired) electrons. The zero-order chi connectivity index (χ0) is 14.7. The molecule has 0 bridgehead atoms. The van der Waals surface area contributed by atoms with E-state index in [1.807, 2.05) is 31.2 Å². The molecule has 2 aromatic rings. The number of rotatable bonds is 3. The minimum absolute atomic E-state index is 0.109. The van der Waals surface area contributed by atoms with Gasteiger partial charge in [0, 0.05) is 9.13 Å². The summed E-state index contributed by atoms with van der Waals surface area (Å²) in [6, 6.07) is 12.6. The monoisotopic (exact) mass is 419 g/mol. The predicted molar refractivity (Wildman–Crippen MR) is 91.5 cm³/mol. The molecule has 5 heteroatoms. The number of benzene rings is 2. The van der Waals surface area contributed by atoms with Gasteiger partial charge in [0.15, 0.2) is 0 Å². The van der Waals surface area contributed by atoms with Gasteiger partial charge in [0.05, 0.1) is 16.1 Å². The summed E-state index contributed by atoms with van der Waals surface area (Å²) in [5.74, 6) is -0.109. The van der Waals surface area contributed by atoms with Gasteiger partial charge in [-0.05, 0) is 65.4 Å². The van der Waals surface area contributed by atoms with Gasteiger partial charge in [0.1, 0.15) is 0 Å². The topological polar surface area (TPSA) is 29.1 Å². The number of carbonyl (C=O) groups excluding carboxylic acids is 1. The highest BCUT2D eigenvalue weighted by molar-refractivity contribution is 14.1. The lowest BCUT2D eigenvalue weighted by Gasteiger charge is -2.15. The van der Waals surface area contributed by atoms with Crippen molar-refractivity contribution in [3.8, 4) is 0 Å². The van der Waals surface area contributed by atoms with Crippen LogP contribution in [0.2, 0.25) is 10.0 Å². The molecule has 0 saturated heterocycles. The molecule has 1 N–H and O–H groups in total. The Labute approximate surface area is 141 Å². The zero-order valence-electron chi connectivity index (χ0n) is 10.7. The molecule has 1 amide bonds. The van der Waals surface area contributed by atoms with Crippen molar-refractivity contribution < 1.29 is 4.79 Å². The summed E-state index contributed by atoms with van der Waals surface area (Å²) in [7, 11) is 0. The van der Waals surface area contributed by atoms with Crippen molar-refractivity contribution >= 4 is 51.7 Å². The van der Waals surface area contributed by atoms with Crippen molar-refractivity contribution in [3.63, 3.8) is 0 Å². The van der Waals surface area contributed by atoms with Gasteiger partial charge >= 0.3 is 0 Å². The molecule has 0 spiro atoms. The molecule has 2 nitrogen and oxygen atoms in total. The Morgan fingerprint density at radius 3 is 2.55 bits per heavy atom. The Kier molecular flexibility index (Phi) is 5.29. The minimum Gasteiger partial charge on any atom is -0.346 e. The third-order valence-electron chi connectivity index (χ3n) is 2.88. The van der Waals surface area contributed by atoms with Gasteiger partial charge in [-0.3, -0.25) is 4.79 Å². The van der Waals surface area contributed by atoms with E-state index in [-0.39, 0.29) is 11.9 Å². The Balaban J connectivity index is 2.13. The van der Waals surface area contributed by atoms with Gasteiger partial charge in [-0.25, -0.2) is 0 Å². The first kappa shape index (κ1) is 15.6. The van der Waals surface area contributed by atoms with Crippen LogP contribution in [-0.4, -0.2) is 5.91 Å². The highest BCUT2D eigenvalue weighted by Crippen LogP contribution is 2.25. The Morgan fingerprint density at radius 1 is 1.15 bits per heavy atom. The van der Waals surface area contributed by atoms with Crippen LogP contribution >= 0.6 is 45.8 Å². The molecule has 1 unspecified atom stereocenters. The van der Waals surface area contributed by atoms with Crippen molar-refractivity contribution in [2.75, 3.05) is 0 Å². The van der Waals surface area contributed by atoms with Crippen molar-refractivity contribution in [3.05, 3.63) is 67.2 Å². The maximum Gasteiger partial charge on any atom is 0.251 e. The molecule has 2 rings (SSSR count). The average molecular weight is 420 g/mol. The van der Waals surface area contributed by atoms with Crippen molar-refractivity contribution in [1.82, 2.24) is 5.32 Å². The smallest absolute Gasteiger partial charge is 0.251 e. The molecule has 0 saturated carbocycles. The van der Waals surface area contributed by atoms with Gasteiger partial charge in [-0.2, -0.15) is 0 Å². The Hall–Kier alpha value is -0.780. The molecule has 0 heterocycles. The molecule has 0 aliphatic carbocycles. The zero-order valence-corrected chi connectivity index (χ0v) is 14.3. The lowest BCUT2D eigenvalue weighted by molar-refractivity contribution is 0.0940. The molecular formula is C15H12Cl2INO. The molecule has 104 valence electrons. The second-order valence-corrected chi connectivity index (χ2v) is 6.44. The SMILES string of the molecule is CC(NC(=O)c1cccc(I)c1)c1ccc(Cl)c(Cl)c1. The van der Waals surface area contributed by atoms with Crippen LogP contribution in [0.1, 0.15) is 28.9 Å². The van der Waals surface area contributed by atoms with Gasteiger partial charge < -0.3 is 5.32 Å². The van der Waals surface area contributed by atoms with Crippen LogP contribution in [0.4, 0.5) is 0 Å². The summed E-state index contributed by atoms with van der Waals surface area (Å²) in [5, 5.41) is 3.93. The van der Waals surface area contributed by atoms with Crippen LogP contribution in [-0.2, 0) is 0 Å². The van der Waals surface area contributed by atoms with Crippen molar-refractivity contribution in [2.24, 2.45) is 0 Å². The molecule has 0 aromatic heterocycles. The van der Waals surface area contributed by atoms with E-state index < -0.39 is 0 Å². The fourth-order valence-electron chi connectivity index (χ4n) is 1.77. The number of carbonyl (C=O) groups is 1. The van der Waals surface area contributed by atoms with E-state index in [2.05, 4.69) is 27.9 Å². The average Bonchev–Trinajstić information content (AvgIpc) is 2.41. The van der Waals surface area contributed by atoms with Crippen LogP contribution in [0, 0.1) is 3.57 Å². The summed E-state index contributed by atoms with van der Waals surface area (Å²) in [4.78, 5) is 12.2. The lowest BCUT2D eigenvalue weighted by Crippen LogP contribution is -2.26. The van der Waals surface area contributed by atoms with Gasteiger partial charge in [-0.1, -0.05) is 35.3 Å². The Bertz CT molecular complexity index is 646. The fraction of sp³-hybridized carbons (Fsp3) is 0.133. The largest absolute Gasteiger partial charge is 0.346 e. The maximum atomic E-state index is 12.2. The molecule has 20 heavy (non-hydrogen) atoms. The molecule has 0 aliphatic rings. The van der Waals surface area contributed by atoms with Crippen molar-refractivity contribution in [2.45, 2.75) is 13.0 Å². The third-order valence-corrected chi connectivity index (χ3v) is 4.29. The van der Waals surface area contributed by atoms with Crippen LogP contribution < -0.4 is 5.32 Å². The van der Waals surface area contributed by atoms with E-state index in [4.69, 9.17) is 23.2 Å². The number of nitrogens with one attached hydrogen (secondary N) is 1. The first-order chi connectivity index (χ1) is 9.47.